The molecule has 1 aliphatic heterocycles. The van der Waals surface area contributed by atoms with Gasteiger partial charge in [-0.2, -0.15) is 0 Å². The van der Waals surface area contributed by atoms with E-state index in [1.165, 1.54) is 11.3 Å². The lowest BCUT2D eigenvalue weighted by atomic mass is 9.95. The molecule has 1 aromatic rings. The Morgan fingerprint density at radius 1 is 1.39 bits per heavy atom. The minimum atomic E-state index is -0.143. The van der Waals surface area contributed by atoms with Crippen molar-refractivity contribution in [3.8, 4) is 0 Å². The minimum Gasteiger partial charge on any atom is -0.393 e. The molecule has 1 fully saturated rings. The number of benzene rings is 1. The number of hydrogen-bond donors (Lipinski definition) is 2. The maximum Gasteiger partial charge on any atom is 0.0599 e. The normalized spacial score (nSPS) is 26.1. The zero-order valence-corrected chi connectivity index (χ0v) is 11.6. The van der Waals surface area contributed by atoms with Crippen LogP contribution in [0.15, 0.2) is 24.3 Å². The van der Waals surface area contributed by atoms with Crippen molar-refractivity contribution in [2.24, 2.45) is 5.92 Å². The topological polar surface area (TPSA) is 35.5 Å². The van der Waals surface area contributed by atoms with Crippen molar-refractivity contribution >= 4 is 5.69 Å². The first-order valence-corrected chi connectivity index (χ1v) is 6.82. The molecule has 0 aromatic heterocycles. The van der Waals surface area contributed by atoms with Crippen LogP contribution in [-0.2, 0) is 0 Å². The summed E-state index contributed by atoms with van der Waals surface area (Å²) in [5.74, 6) is 0.344. The summed E-state index contributed by atoms with van der Waals surface area (Å²) in [5, 5.41) is 13.1. The van der Waals surface area contributed by atoms with E-state index in [4.69, 9.17) is 0 Å². The summed E-state index contributed by atoms with van der Waals surface area (Å²) in [6, 6.07) is 8.91. The van der Waals surface area contributed by atoms with Crippen LogP contribution in [0.5, 0.6) is 0 Å². The lowest BCUT2D eigenvalue weighted by Gasteiger charge is -2.37. The lowest BCUT2D eigenvalue weighted by Crippen LogP contribution is -2.42. The number of nitrogens with one attached hydrogen (secondary N) is 1. The van der Waals surface area contributed by atoms with E-state index in [1.807, 2.05) is 7.05 Å². The highest BCUT2D eigenvalue weighted by molar-refractivity contribution is 5.55. The van der Waals surface area contributed by atoms with E-state index in [0.29, 0.717) is 12.0 Å². The average molecular weight is 248 g/mol. The molecule has 0 saturated carbocycles. The average Bonchev–Trinajstić information content (AvgIpc) is 2.41. The van der Waals surface area contributed by atoms with E-state index < -0.39 is 0 Å². The van der Waals surface area contributed by atoms with E-state index in [1.54, 1.807) is 0 Å². The first-order valence-electron chi connectivity index (χ1n) is 6.82. The summed E-state index contributed by atoms with van der Waals surface area (Å²) in [4.78, 5) is 2.40. The predicted octanol–water partition coefficient (Wildman–Crippen LogP) is 2.17. The lowest BCUT2D eigenvalue weighted by molar-refractivity contribution is 0.0970. The molecule has 2 N–H and O–H groups in total. The Kier molecular flexibility index (Phi) is 4.25. The molecule has 3 heteroatoms. The van der Waals surface area contributed by atoms with Crippen molar-refractivity contribution in [1.29, 1.82) is 0 Å². The van der Waals surface area contributed by atoms with Crippen LogP contribution >= 0.6 is 0 Å². The second-order valence-electron chi connectivity index (χ2n) is 5.35. The van der Waals surface area contributed by atoms with Crippen molar-refractivity contribution < 1.29 is 5.11 Å². The standard InChI is InChI=1S/C15H24N2O/c1-11-10-17(9-8-15(11)18)14-7-5-4-6-13(14)12(2)16-3/h4-7,11-12,15-16,18H,8-10H2,1-3H3. The summed E-state index contributed by atoms with van der Waals surface area (Å²) in [5.41, 5.74) is 2.64. The summed E-state index contributed by atoms with van der Waals surface area (Å²) in [6.07, 6.45) is 0.721. The summed E-state index contributed by atoms with van der Waals surface area (Å²) < 4.78 is 0. The molecule has 2 rings (SSSR count). The third-order valence-electron chi connectivity index (χ3n) is 4.04. The van der Waals surface area contributed by atoms with Gasteiger partial charge in [0.1, 0.15) is 0 Å². The van der Waals surface area contributed by atoms with Gasteiger partial charge in [-0.3, -0.25) is 0 Å². The number of piperidine rings is 1. The number of hydrogen-bond acceptors (Lipinski definition) is 3. The van der Waals surface area contributed by atoms with E-state index in [-0.39, 0.29) is 6.10 Å². The molecule has 1 aromatic carbocycles. The zero-order chi connectivity index (χ0) is 13.1. The quantitative estimate of drug-likeness (QED) is 0.860. The molecule has 3 nitrogen and oxygen atoms in total. The van der Waals surface area contributed by atoms with Gasteiger partial charge in [-0.05, 0) is 37.9 Å². The van der Waals surface area contributed by atoms with Crippen LogP contribution in [0.2, 0.25) is 0 Å². The van der Waals surface area contributed by atoms with E-state index in [9.17, 15) is 5.11 Å². The fraction of sp³-hybridized carbons (Fsp3) is 0.600. The van der Waals surface area contributed by atoms with Crippen LogP contribution in [0.3, 0.4) is 0 Å². The molecular formula is C15H24N2O. The van der Waals surface area contributed by atoms with Gasteiger partial charge in [0, 0.05) is 24.8 Å². The van der Waals surface area contributed by atoms with Gasteiger partial charge >= 0.3 is 0 Å². The molecule has 18 heavy (non-hydrogen) atoms. The summed E-state index contributed by atoms with van der Waals surface area (Å²) >= 11 is 0. The van der Waals surface area contributed by atoms with E-state index >= 15 is 0 Å². The van der Waals surface area contributed by atoms with Gasteiger partial charge in [0.2, 0.25) is 0 Å². The third kappa shape index (κ3) is 2.68. The molecule has 1 heterocycles. The van der Waals surface area contributed by atoms with Gasteiger partial charge in [-0.15, -0.1) is 0 Å². The smallest absolute Gasteiger partial charge is 0.0599 e. The van der Waals surface area contributed by atoms with Gasteiger partial charge in [-0.1, -0.05) is 25.1 Å². The maximum atomic E-state index is 9.83. The summed E-state index contributed by atoms with van der Waals surface area (Å²) in [6.45, 7) is 6.19. The van der Waals surface area contributed by atoms with E-state index in [0.717, 1.165) is 19.5 Å². The van der Waals surface area contributed by atoms with Gasteiger partial charge < -0.3 is 15.3 Å². The molecule has 0 radical (unpaired) electrons. The molecule has 0 amide bonds. The first-order chi connectivity index (χ1) is 8.63. The monoisotopic (exact) mass is 248 g/mol. The molecule has 1 saturated heterocycles. The van der Waals surface area contributed by atoms with Crippen molar-refractivity contribution in [3.63, 3.8) is 0 Å². The zero-order valence-electron chi connectivity index (χ0n) is 11.6. The van der Waals surface area contributed by atoms with Gasteiger partial charge in [0.15, 0.2) is 0 Å². The summed E-state index contributed by atoms with van der Waals surface area (Å²) in [7, 11) is 1.99. The van der Waals surface area contributed by atoms with Gasteiger partial charge in [-0.25, -0.2) is 0 Å². The van der Waals surface area contributed by atoms with Crippen LogP contribution in [-0.4, -0.2) is 31.3 Å². The van der Waals surface area contributed by atoms with Crippen molar-refractivity contribution in [1.82, 2.24) is 5.32 Å². The second kappa shape index (κ2) is 5.72. The first kappa shape index (κ1) is 13.4. The number of aliphatic hydroxyl groups is 1. The molecule has 3 atom stereocenters. The Bertz CT molecular complexity index is 394. The Hall–Kier alpha value is -1.06. The fourth-order valence-corrected chi connectivity index (χ4v) is 2.65. The van der Waals surface area contributed by atoms with Crippen LogP contribution < -0.4 is 10.2 Å². The number of aliphatic hydroxyl groups excluding tert-OH is 1. The molecule has 0 bridgehead atoms. The SMILES string of the molecule is CNC(C)c1ccccc1N1CCC(O)C(C)C1. The number of anilines is 1. The fourth-order valence-electron chi connectivity index (χ4n) is 2.65. The van der Waals surface area contributed by atoms with Gasteiger partial charge in [0.25, 0.3) is 0 Å². The number of para-hydroxylation sites is 1. The largest absolute Gasteiger partial charge is 0.393 e. The molecule has 0 spiro atoms. The Morgan fingerprint density at radius 3 is 2.78 bits per heavy atom. The molecular weight excluding hydrogens is 224 g/mol. The van der Waals surface area contributed by atoms with Gasteiger partial charge in [0.05, 0.1) is 6.10 Å². The molecule has 3 unspecified atom stereocenters. The highest BCUT2D eigenvalue weighted by Crippen LogP contribution is 2.29. The Labute approximate surface area is 110 Å². The Balaban J connectivity index is 2.22. The molecule has 0 aliphatic carbocycles. The Morgan fingerprint density at radius 2 is 2.11 bits per heavy atom. The minimum absolute atomic E-state index is 0.143. The number of nitrogens with zero attached hydrogens (tertiary/aromatic N) is 1. The van der Waals surface area contributed by atoms with Crippen LogP contribution in [0, 0.1) is 5.92 Å². The second-order valence-corrected chi connectivity index (χ2v) is 5.35. The maximum absolute atomic E-state index is 9.83. The molecule has 100 valence electrons. The number of rotatable bonds is 3. The highest BCUT2D eigenvalue weighted by atomic mass is 16.3. The van der Waals surface area contributed by atoms with Crippen molar-refractivity contribution in [2.45, 2.75) is 32.4 Å². The van der Waals surface area contributed by atoms with Crippen molar-refractivity contribution in [3.05, 3.63) is 29.8 Å². The third-order valence-corrected chi connectivity index (χ3v) is 4.04. The highest BCUT2D eigenvalue weighted by Gasteiger charge is 2.25. The molecule has 1 aliphatic rings. The van der Waals surface area contributed by atoms with Crippen LogP contribution in [0.25, 0.3) is 0 Å². The van der Waals surface area contributed by atoms with Crippen molar-refractivity contribution in [2.75, 3.05) is 25.0 Å². The predicted molar refractivity (Wildman–Crippen MR) is 75.9 cm³/mol. The van der Waals surface area contributed by atoms with E-state index in [2.05, 4.69) is 48.3 Å². The van der Waals surface area contributed by atoms with Crippen LogP contribution in [0.4, 0.5) is 5.69 Å². The van der Waals surface area contributed by atoms with Crippen LogP contribution in [0.1, 0.15) is 31.9 Å².